The van der Waals surface area contributed by atoms with Crippen LogP contribution in [0.15, 0.2) is 30.7 Å². The Kier molecular flexibility index (Phi) is 4.22. The molecule has 0 saturated carbocycles. The highest BCUT2D eigenvalue weighted by Gasteiger charge is 2.12. The molecule has 0 spiro atoms. The van der Waals surface area contributed by atoms with Crippen molar-refractivity contribution in [3.05, 3.63) is 42.1 Å². The van der Waals surface area contributed by atoms with Crippen LogP contribution in [0.2, 0.25) is 0 Å². The average Bonchev–Trinajstić information content (AvgIpc) is 2.47. The molecule has 0 bridgehead atoms. The summed E-state index contributed by atoms with van der Waals surface area (Å²) in [4.78, 5) is 11.9. The van der Waals surface area contributed by atoms with Gasteiger partial charge in [-0.05, 0) is 24.1 Å². The van der Waals surface area contributed by atoms with Gasteiger partial charge in [-0.15, -0.1) is 0 Å². The molecule has 1 atom stereocenters. The highest BCUT2D eigenvalue weighted by molar-refractivity contribution is 5.33. The molecule has 0 radical (unpaired) electrons. The Balaban J connectivity index is 2.19. The number of nitrogens with one attached hydrogen (secondary N) is 1. The number of anilines is 1. The molecule has 0 aliphatic carbocycles. The number of ether oxygens (including phenoxy) is 1. The van der Waals surface area contributed by atoms with Crippen LogP contribution < -0.4 is 10.1 Å². The Hall–Kier alpha value is -2.24. The summed E-state index contributed by atoms with van der Waals surface area (Å²) in [6.07, 6.45) is 5.39. The zero-order chi connectivity index (χ0) is 13.7. The Morgan fingerprint density at radius 1 is 1.37 bits per heavy atom. The first-order valence-corrected chi connectivity index (χ1v) is 5.97. The number of pyridine rings is 1. The molecule has 2 aromatic rings. The lowest BCUT2D eigenvalue weighted by atomic mass is 10.1. The van der Waals surface area contributed by atoms with E-state index in [9.17, 15) is 4.39 Å². The van der Waals surface area contributed by atoms with Gasteiger partial charge < -0.3 is 10.1 Å². The fourth-order valence-corrected chi connectivity index (χ4v) is 1.74. The van der Waals surface area contributed by atoms with Gasteiger partial charge in [-0.3, -0.25) is 4.98 Å². The quantitative estimate of drug-likeness (QED) is 0.897. The lowest BCUT2D eigenvalue weighted by Gasteiger charge is -2.17. The molecule has 100 valence electrons. The normalized spacial score (nSPS) is 11.9. The number of nitrogens with zero attached hydrogens (tertiary/aromatic N) is 3. The molecule has 2 heterocycles. The van der Waals surface area contributed by atoms with Crippen LogP contribution >= 0.6 is 0 Å². The van der Waals surface area contributed by atoms with Crippen LogP contribution in [0.3, 0.4) is 0 Å². The molecule has 0 aromatic carbocycles. The molecule has 0 saturated heterocycles. The molecular weight excluding hydrogens is 247 g/mol. The molecule has 2 aromatic heterocycles. The predicted molar refractivity (Wildman–Crippen MR) is 69.4 cm³/mol. The van der Waals surface area contributed by atoms with Gasteiger partial charge in [0.1, 0.15) is 0 Å². The predicted octanol–water partition coefficient (Wildman–Crippen LogP) is 2.58. The van der Waals surface area contributed by atoms with Crippen molar-refractivity contribution in [2.45, 2.75) is 19.4 Å². The number of hydrogen-bond donors (Lipinski definition) is 1. The van der Waals surface area contributed by atoms with Gasteiger partial charge in [0, 0.05) is 12.4 Å². The van der Waals surface area contributed by atoms with E-state index >= 15 is 0 Å². The Morgan fingerprint density at radius 3 is 2.74 bits per heavy atom. The minimum absolute atomic E-state index is 0.0400. The summed E-state index contributed by atoms with van der Waals surface area (Å²) in [6.45, 7) is 2.04. The lowest BCUT2D eigenvalue weighted by Crippen LogP contribution is -2.12. The summed E-state index contributed by atoms with van der Waals surface area (Å²) < 4.78 is 18.1. The fraction of sp³-hybridized carbons (Fsp3) is 0.308. The van der Waals surface area contributed by atoms with Crippen molar-refractivity contribution in [1.82, 2.24) is 15.0 Å². The summed E-state index contributed by atoms with van der Waals surface area (Å²) in [5.74, 6) is -0.311. The van der Waals surface area contributed by atoms with Crippen LogP contribution in [0.4, 0.5) is 10.3 Å². The molecule has 0 fully saturated rings. The third kappa shape index (κ3) is 3.15. The van der Waals surface area contributed by atoms with Crippen molar-refractivity contribution in [2.24, 2.45) is 0 Å². The first-order valence-electron chi connectivity index (χ1n) is 5.97. The van der Waals surface area contributed by atoms with E-state index in [0.717, 1.165) is 18.2 Å². The van der Waals surface area contributed by atoms with E-state index in [2.05, 4.69) is 20.3 Å². The van der Waals surface area contributed by atoms with Crippen LogP contribution in [0, 0.1) is 5.82 Å². The fourth-order valence-electron chi connectivity index (χ4n) is 1.74. The second kappa shape index (κ2) is 6.08. The Morgan fingerprint density at radius 2 is 2.11 bits per heavy atom. The van der Waals surface area contributed by atoms with Crippen LogP contribution in [0.1, 0.15) is 24.9 Å². The number of hydrogen-bond acceptors (Lipinski definition) is 5. The van der Waals surface area contributed by atoms with Crippen molar-refractivity contribution in [1.29, 1.82) is 0 Å². The van der Waals surface area contributed by atoms with Gasteiger partial charge in [0.25, 0.3) is 5.88 Å². The molecule has 6 heteroatoms. The maximum Gasteiger partial charge on any atom is 0.255 e. The second-order valence-corrected chi connectivity index (χ2v) is 3.94. The summed E-state index contributed by atoms with van der Waals surface area (Å²) >= 11 is 0. The highest BCUT2D eigenvalue weighted by Crippen LogP contribution is 2.21. The van der Waals surface area contributed by atoms with Crippen molar-refractivity contribution >= 4 is 5.95 Å². The smallest absolute Gasteiger partial charge is 0.255 e. The van der Waals surface area contributed by atoms with Gasteiger partial charge in [-0.1, -0.05) is 6.92 Å². The van der Waals surface area contributed by atoms with Crippen molar-refractivity contribution in [3.63, 3.8) is 0 Å². The number of rotatable bonds is 5. The van der Waals surface area contributed by atoms with Crippen molar-refractivity contribution in [2.75, 3.05) is 12.4 Å². The van der Waals surface area contributed by atoms with Crippen LogP contribution in [-0.2, 0) is 0 Å². The molecule has 2 rings (SSSR count). The lowest BCUT2D eigenvalue weighted by molar-refractivity contribution is 0.367. The van der Waals surface area contributed by atoms with Gasteiger partial charge in [0.15, 0.2) is 0 Å². The standard InChI is InChI=1S/C13H15FN4O/c1-3-11(9-4-6-15-7-5-9)17-13-16-8-10(14)12(18-13)19-2/h4-8,11H,3H2,1-2H3,(H,16,17,18). The van der Waals surface area contributed by atoms with E-state index in [0.29, 0.717) is 5.95 Å². The van der Waals surface area contributed by atoms with Gasteiger partial charge >= 0.3 is 0 Å². The first-order chi connectivity index (χ1) is 9.24. The Bertz CT molecular complexity index is 535. The monoisotopic (exact) mass is 262 g/mol. The zero-order valence-electron chi connectivity index (χ0n) is 10.8. The summed E-state index contributed by atoms with van der Waals surface area (Å²) in [5, 5.41) is 3.15. The summed E-state index contributed by atoms with van der Waals surface area (Å²) in [7, 11) is 1.37. The van der Waals surface area contributed by atoms with Gasteiger partial charge in [-0.25, -0.2) is 4.98 Å². The van der Waals surface area contributed by atoms with Crippen molar-refractivity contribution < 1.29 is 9.13 Å². The molecule has 1 N–H and O–H groups in total. The van der Waals surface area contributed by atoms with E-state index < -0.39 is 5.82 Å². The largest absolute Gasteiger partial charge is 0.479 e. The number of methoxy groups -OCH3 is 1. The van der Waals surface area contributed by atoms with Gasteiger partial charge in [0.05, 0.1) is 19.3 Å². The average molecular weight is 262 g/mol. The van der Waals surface area contributed by atoms with E-state index in [4.69, 9.17) is 4.74 Å². The van der Waals surface area contributed by atoms with Gasteiger partial charge in [0.2, 0.25) is 11.8 Å². The maximum absolute atomic E-state index is 13.2. The highest BCUT2D eigenvalue weighted by atomic mass is 19.1. The molecule has 0 aliphatic rings. The van der Waals surface area contributed by atoms with Crippen molar-refractivity contribution in [3.8, 4) is 5.88 Å². The van der Waals surface area contributed by atoms with E-state index in [1.54, 1.807) is 12.4 Å². The zero-order valence-corrected chi connectivity index (χ0v) is 10.8. The first kappa shape index (κ1) is 13.2. The molecule has 5 nitrogen and oxygen atoms in total. The molecule has 1 unspecified atom stereocenters. The van der Waals surface area contributed by atoms with E-state index in [1.165, 1.54) is 7.11 Å². The minimum atomic E-state index is -0.579. The van der Waals surface area contributed by atoms with E-state index in [1.807, 2.05) is 19.1 Å². The van der Waals surface area contributed by atoms with Gasteiger partial charge in [-0.2, -0.15) is 9.37 Å². The topological polar surface area (TPSA) is 59.9 Å². The number of aromatic nitrogens is 3. The van der Waals surface area contributed by atoms with E-state index in [-0.39, 0.29) is 11.9 Å². The number of halogens is 1. The maximum atomic E-state index is 13.2. The third-order valence-corrected chi connectivity index (χ3v) is 2.73. The van der Waals surface area contributed by atoms with Crippen LogP contribution in [0.5, 0.6) is 5.88 Å². The minimum Gasteiger partial charge on any atom is -0.479 e. The second-order valence-electron chi connectivity index (χ2n) is 3.94. The molecule has 0 amide bonds. The summed E-state index contributed by atoms with van der Waals surface area (Å²) in [5.41, 5.74) is 1.07. The summed E-state index contributed by atoms with van der Waals surface area (Å²) in [6, 6.07) is 3.88. The Labute approximate surface area is 110 Å². The van der Waals surface area contributed by atoms with Crippen LogP contribution in [-0.4, -0.2) is 22.1 Å². The van der Waals surface area contributed by atoms with Crippen LogP contribution in [0.25, 0.3) is 0 Å². The molecule has 19 heavy (non-hydrogen) atoms. The molecular formula is C13H15FN4O. The molecule has 0 aliphatic heterocycles. The third-order valence-electron chi connectivity index (χ3n) is 2.73. The SMILES string of the molecule is CCC(Nc1ncc(F)c(OC)n1)c1ccncc1.